The third-order valence-corrected chi connectivity index (χ3v) is 3.40. The second kappa shape index (κ2) is 6.80. The van der Waals surface area contributed by atoms with Gasteiger partial charge in [-0.1, -0.05) is 0 Å². The summed E-state index contributed by atoms with van der Waals surface area (Å²) in [6.07, 6.45) is 4.74. The number of hydrogen-bond donors (Lipinski definition) is 1. The molecule has 0 unspecified atom stereocenters. The van der Waals surface area contributed by atoms with E-state index in [1.54, 1.807) is 45.3 Å². The molecule has 0 aliphatic rings. The predicted octanol–water partition coefficient (Wildman–Crippen LogP) is 2.78. The zero-order chi connectivity index (χ0) is 18.7. The third-order valence-electron chi connectivity index (χ3n) is 3.40. The zero-order valence-corrected chi connectivity index (χ0v) is 14.7. The lowest BCUT2D eigenvalue weighted by atomic mass is 10.2. The molecular weight excluding hydrogens is 332 g/mol. The summed E-state index contributed by atoms with van der Waals surface area (Å²) in [4.78, 5) is 20.0. The fraction of sp³-hybridized carbons (Fsp3) is 0.278. The fourth-order valence-electron chi connectivity index (χ4n) is 2.49. The Labute approximate surface area is 150 Å². The van der Waals surface area contributed by atoms with E-state index in [0.717, 1.165) is 11.4 Å². The largest absolute Gasteiger partial charge is 0.459 e. The van der Waals surface area contributed by atoms with E-state index in [9.17, 15) is 10.1 Å². The Kier molecular flexibility index (Phi) is 4.54. The number of benzene rings is 1. The molecule has 0 saturated carbocycles. The van der Waals surface area contributed by atoms with E-state index in [2.05, 4.69) is 26.5 Å². The minimum absolute atomic E-state index is 0.0608. The van der Waals surface area contributed by atoms with E-state index >= 15 is 0 Å². The van der Waals surface area contributed by atoms with Crippen LogP contribution in [0, 0.1) is 11.3 Å². The van der Waals surface area contributed by atoms with Crippen molar-refractivity contribution in [2.75, 3.05) is 5.32 Å². The number of hydrogen-bond acceptors (Lipinski definition) is 7. The van der Waals surface area contributed by atoms with Gasteiger partial charge in [0.05, 0.1) is 23.6 Å². The Bertz CT molecular complexity index is 983. The quantitative estimate of drug-likeness (QED) is 0.721. The van der Waals surface area contributed by atoms with E-state index in [-0.39, 0.29) is 12.2 Å². The van der Waals surface area contributed by atoms with E-state index < -0.39 is 11.6 Å². The Morgan fingerprint density at radius 2 is 2.00 bits per heavy atom. The number of carbonyl (C=O) groups is 1. The molecule has 1 N–H and O–H groups in total. The van der Waals surface area contributed by atoms with Gasteiger partial charge in [-0.2, -0.15) is 10.4 Å². The molecule has 132 valence electrons. The highest BCUT2D eigenvalue weighted by Gasteiger charge is 2.19. The highest BCUT2D eigenvalue weighted by molar-refractivity contribution is 5.89. The summed E-state index contributed by atoms with van der Waals surface area (Å²) >= 11 is 0. The maximum Gasteiger partial charge on any atom is 0.328 e. The summed E-state index contributed by atoms with van der Waals surface area (Å²) < 4.78 is 6.81. The van der Waals surface area contributed by atoms with Crippen LogP contribution in [0.5, 0.6) is 0 Å². The average molecular weight is 350 g/mol. The van der Waals surface area contributed by atoms with Crippen LogP contribution in [0.2, 0.25) is 0 Å². The summed E-state index contributed by atoms with van der Waals surface area (Å²) in [7, 11) is 0. The first kappa shape index (κ1) is 17.4. The summed E-state index contributed by atoms with van der Waals surface area (Å²) in [5.74, 6) is -0.407. The smallest absolute Gasteiger partial charge is 0.328 e. The molecule has 0 saturated heterocycles. The second-order valence-corrected chi connectivity index (χ2v) is 6.69. The number of carbonyl (C=O) groups excluding carboxylic acids is 1. The Morgan fingerprint density at radius 3 is 2.65 bits per heavy atom. The number of esters is 1. The molecule has 0 aliphatic heterocycles. The van der Waals surface area contributed by atoms with Crippen LogP contribution >= 0.6 is 0 Å². The number of nitrogens with one attached hydrogen (secondary N) is 1. The molecule has 8 heteroatoms. The predicted molar refractivity (Wildman–Crippen MR) is 95.6 cm³/mol. The lowest BCUT2D eigenvalue weighted by Crippen LogP contribution is -2.26. The van der Waals surface area contributed by atoms with Gasteiger partial charge in [-0.15, -0.1) is 0 Å². The summed E-state index contributed by atoms with van der Waals surface area (Å²) in [5, 5.41) is 17.4. The van der Waals surface area contributed by atoms with Crippen molar-refractivity contribution in [2.24, 2.45) is 0 Å². The van der Waals surface area contributed by atoms with E-state index in [4.69, 9.17) is 4.74 Å². The van der Waals surface area contributed by atoms with Gasteiger partial charge in [0, 0.05) is 11.1 Å². The van der Waals surface area contributed by atoms with Crippen LogP contribution in [0.25, 0.3) is 10.9 Å². The molecule has 0 bridgehead atoms. The normalized spacial score (nSPS) is 11.2. The fourth-order valence-corrected chi connectivity index (χ4v) is 2.49. The molecule has 0 spiro atoms. The van der Waals surface area contributed by atoms with Gasteiger partial charge in [0.2, 0.25) is 0 Å². The molecule has 2 heterocycles. The van der Waals surface area contributed by atoms with Crippen LogP contribution in [0.3, 0.4) is 0 Å². The van der Waals surface area contributed by atoms with Crippen LogP contribution in [0.15, 0.2) is 36.9 Å². The van der Waals surface area contributed by atoms with Gasteiger partial charge < -0.3 is 10.1 Å². The standard InChI is InChI=1S/C18H18N6O2/c1-18(2,3)26-17(25)10-24-16-5-4-12(6-14(16)15(7-19)23-24)22-13-8-20-11-21-9-13/h4-6,8-9,11,22H,10H2,1-3H3. The van der Waals surface area contributed by atoms with Gasteiger partial charge in [-0.25, -0.2) is 9.97 Å². The van der Waals surface area contributed by atoms with Crippen LogP contribution in [0.4, 0.5) is 11.4 Å². The van der Waals surface area contributed by atoms with E-state index in [1.165, 1.54) is 11.0 Å². The number of nitrogens with zero attached hydrogens (tertiary/aromatic N) is 5. The lowest BCUT2D eigenvalue weighted by molar-refractivity contribution is -0.155. The molecule has 0 atom stereocenters. The van der Waals surface area contributed by atoms with Crippen molar-refractivity contribution in [3.05, 3.63) is 42.6 Å². The lowest BCUT2D eigenvalue weighted by Gasteiger charge is -2.19. The SMILES string of the molecule is CC(C)(C)OC(=O)Cn1nc(C#N)c2cc(Nc3cncnc3)ccc21. The Hall–Kier alpha value is -3.47. The first-order valence-electron chi connectivity index (χ1n) is 8.00. The molecule has 2 aromatic heterocycles. The molecule has 3 rings (SSSR count). The van der Waals surface area contributed by atoms with Crippen LogP contribution < -0.4 is 5.32 Å². The molecule has 0 aliphatic carbocycles. The summed E-state index contributed by atoms with van der Waals surface area (Å²) in [5.41, 5.74) is 1.85. The van der Waals surface area contributed by atoms with Gasteiger partial charge in [-0.3, -0.25) is 9.48 Å². The molecule has 0 fully saturated rings. The highest BCUT2D eigenvalue weighted by atomic mass is 16.6. The summed E-state index contributed by atoms with van der Waals surface area (Å²) in [6.45, 7) is 5.35. The second-order valence-electron chi connectivity index (χ2n) is 6.69. The highest BCUT2D eigenvalue weighted by Crippen LogP contribution is 2.24. The van der Waals surface area contributed by atoms with Gasteiger partial charge in [0.15, 0.2) is 5.69 Å². The zero-order valence-electron chi connectivity index (χ0n) is 14.7. The Balaban J connectivity index is 1.90. The average Bonchev–Trinajstić information content (AvgIpc) is 2.91. The first-order valence-corrected chi connectivity index (χ1v) is 8.00. The molecule has 3 aromatic rings. The molecule has 1 aromatic carbocycles. The van der Waals surface area contributed by atoms with Crippen LogP contribution in [-0.2, 0) is 16.1 Å². The number of nitriles is 1. The number of fused-ring (bicyclic) bond motifs is 1. The molecule has 0 radical (unpaired) electrons. The molecule has 0 amide bonds. The van der Waals surface area contributed by atoms with Crippen molar-refractivity contribution in [3.63, 3.8) is 0 Å². The van der Waals surface area contributed by atoms with Gasteiger partial charge in [0.1, 0.15) is 24.5 Å². The van der Waals surface area contributed by atoms with E-state index in [1.807, 2.05) is 6.07 Å². The van der Waals surface area contributed by atoms with Crippen molar-refractivity contribution >= 4 is 28.2 Å². The third kappa shape index (κ3) is 3.95. The van der Waals surface area contributed by atoms with Crippen molar-refractivity contribution < 1.29 is 9.53 Å². The van der Waals surface area contributed by atoms with Gasteiger partial charge >= 0.3 is 5.97 Å². The van der Waals surface area contributed by atoms with Gasteiger partial charge in [0.25, 0.3) is 0 Å². The Morgan fingerprint density at radius 1 is 1.27 bits per heavy atom. The van der Waals surface area contributed by atoms with Crippen LogP contribution in [-0.4, -0.2) is 31.3 Å². The number of rotatable bonds is 4. The van der Waals surface area contributed by atoms with Gasteiger partial charge in [-0.05, 0) is 39.0 Å². The number of ether oxygens (including phenoxy) is 1. The molecule has 8 nitrogen and oxygen atoms in total. The monoisotopic (exact) mass is 350 g/mol. The minimum Gasteiger partial charge on any atom is -0.459 e. The topological polar surface area (TPSA) is 106 Å². The van der Waals surface area contributed by atoms with Crippen LogP contribution in [0.1, 0.15) is 26.5 Å². The van der Waals surface area contributed by atoms with Crippen molar-refractivity contribution in [1.29, 1.82) is 5.26 Å². The summed E-state index contributed by atoms with van der Waals surface area (Å²) in [6, 6.07) is 7.51. The van der Waals surface area contributed by atoms with Crippen molar-refractivity contribution in [3.8, 4) is 6.07 Å². The maximum absolute atomic E-state index is 12.1. The number of anilines is 2. The maximum atomic E-state index is 12.1. The molecular formula is C18H18N6O2. The molecule has 26 heavy (non-hydrogen) atoms. The first-order chi connectivity index (χ1) is 12.4. The van der Waals surface area contributed by atoms with Crippen molar-refractivity contribution in [1.82, 2.24) is 19.7 Å². The number of aromatic nitrogens is 4. The van der Waals surface area contributed by atoms with Crippen molar-refractivity contribution in [2.45, 2.75) is 32.9 Å². The van der Waals surface area contributed by atoms with E-state index in [0.29, 0.717) is 10.9 Å². The minimum atomic E-state index is -0.576.